The molecule has 5 nitrogen and oxygen atoms in total. The smallest absolute Gasteiger partial charge is 0.338 e. The van der Waals surface area contributed by atoms with Crippen molar-refractivity contribution in [2.75, 3.05) is 5.32 Å². The number of carbonyl (C=O) groups is 2. The molecule has 0 unspecified atom stereocenters. The number of carbonyl (C=O) groups excluding carboxylic acids is 1. The van der Waals surface area contributed by atoms with Crippen LogP contribution in [0.5, 0.6) is 0 Å². The Hall–Kier alpha value is -2.22. The third kappa shape index (κ3) is 2.85. The van der Waals surface area contributed by atoms with Crippen molar-refractivity contribution in [3.05, 3.63) is 51.9 Å². The van der Waals surface area contributed by atoms with Crippen LogP contribution in [0.4, 0.5) is 14.5 Å². The van der Waals surface area contributed by atoms with Crippen molar-refractivity contribution in [2.45, 2.75) is 0 Å². The molecule has 0 atom stereocenters. The Labute approximate surface area is 119 Å². The molecule has 1 heterocycles. The van der Waals surface area contributed by atoms with Crippen molar-refractivity contribution < 1.29 is 27.9 Å². The van der Waals surface area contributed by atoms with Crippen LogP contribution in [0, 0.1) is 11.6 Å². The minimum atomic E-state index is -1.26. The summed E-state index contributed by atoms with van der Waals surface area (Å²) in [5.74, 6) is -4.20. The summed E-state index contributed by atoms with van der Waals surface area (Å²) in [6, 6.07) is 2.64. The molecule has 104 valence electrons. The van der Waals surface area contributed by atoms with Gasteiger partial charge in [0.05, 0.1) is 15.7 Å². The first-order valence-electron chi connectivity index (χ1n) is 5.16. The number of hydrogen-bond acceptors (Lipinski definition) is 3. The number of carboxylic acids is 1. The molecule has 1 aromatic heterocycles. The van der Waals surface area contributed by atoms with Crippen LogP contribution in [0.15, 0.2) is 33.4 Å². The summed E-state index contributed by atoms with van der Waals surface area (Å²) < 4.78 is 31.2. The van der Waals surface area contributed by atoms with E-state index in [1.807, 2.05) is 0 Å². The zero-order valence-electron chi connectivity index (χ0n) is 9.62. The molecular weight excluding hydrogens is 340 g/mol. The quantitative estimate of drug-likeness (QED) is 0.836. The second-order valence-electron chi connectivity index (χ2n) is 3.71. The number of amides is 1. The fourth-order valence-corrected chi connectivity index (χ4v) is 1.71. The van der Waals surface area contributed by atoms with Crippen LogP contribution in [0.3, 0.4) is 0 Å². The highest BCUT2D eigenvalue weighted by atomic mass is 79.9. The lowest BCUT2D eigenvalue weighted by Gasteiger charge is -2.05. The minimum absolute atomic E-state index is 0.0279. The number of carboxylic acid groups (broad SMARTS) is 1. The normalized spacial score (nSPS) is 10.3. The maximum atomic E-state index is 13.4. The molecule has 2 N–H and O–H groups in total. The Balaban J connectivity index is 2.23. The number of furan rings is 1. The molecular formula is C12H6BrF2NO4. The Morgan fingerprint density at radius 2 is 1.90 bits per heavy atom. The first-order chi connectivity index (χ1) is 9.38. The summed E-state index contributed by atoms with van der Waals surface area (Å²) in [6.45, 7) is 0. The lowest BCUT2D eigenvalue weighted by molar-refractivity contribution is 0.0696. The van der Waals surface area contributed by atoms with Crippen LogP contribution in [-0.4, -0.2) is 17.0 Å². The first kappa shape index (κ1) is 14.2. The number of anilines is 1. The Kier molecular flexibility index (Phi) is 3.84. The average molecular weight is 346 g/mol. The Morgan fingerprint density at radius 3 is 2.50 bits per heavy atom. The van der Waals surface area contributed by atoms with Crippen molar-refractivity contribution >= 4 is 33.5 Å². The van der Waals surface area contributed by atoms with Crippen LogP contribution < -0.4 is 5.32 Å². The lowest BCUT2D eigenvalue weighted by Crippen LogP contribution is -2.12. The highest BCUT2D eigenvalue weighted by Gasteiger charge is 2.17. The second kappa shape index (κ2) is 5.41. The van der Waals surface area contributed by atoms with Gasteiger partial charge in [-0.3, -0.25) is 4.79 Å². The van der Waals surface area contributed by atoms with Gasteiger partial charge in [0.1, 0.15) is 17.9 Å². The van der Waals surface area contributed by atoms with Gasteiger partial charge in [0.25, 0.3) is 5.91 Å². The van der Waals surface area contributed by atoms with Gasteiger partial charge in [0.2, 0.25) is 0 Å². The zero-order valence-corrected chi connectivity index (χ0v) is 11.2. The minimum Gasteiger partial charge on any atom is -0.478 e. The topological polar surface area (TPSA) is 79.5 Å². The highest BCUT2D eigenvalue weighted by molar-refractivity contribution is 9.10. The number of rotatable bonds is 3. The summed E-state index contributed by atoms with van der Waals surface area (Å²) in [5.41, 5.74) is -0.479. The summed E-state index contributed by atoms with van der Waals surface area (Å²) >= 11 is 2.86. The molecule has 1 aromatic carbocycles. The molecule has 0 saturated heterocycles. The monoisotopic (exact) mass is 345 g/mol. The predicted molar refractivity (Wildman–Crippen MR) is 67.7 cm³/mol. The zero-order chi connectivity index (χ0) is 14.9. The maximum Gasteiger partial charge on any atom is 0.338 e. The fraction of sp³-hybridized carbons (Fsp3) is 0. The van der Waals surface area contributed by atoms with E-state index in [-0.39, 0.29) is 21.5 Å². The van der Waals surface area contributed by atoms with E-state index in [1.54, 1.807) is 0 Å². The van der Waals surface area contributed by atoms with Crippen molar-refractivity contribution in [1.29, 1.82) is 0 Å². The van der Waals surface area contributed by atoms with E-state index < -0.39 is 23.5 Å². The average Bonchev–Trinajstić information content (AvgIpc) is 2.85. The molecule has 0 fully saturated rings. The van der Waals surface area contributed by atoms with Gasteiger partial charge in [-0.2, -0.15) is 0 Å². The number of nitrogens with one attached hydrogen (secondary N) is 1. The SMILES string of the molecule is O=C(O)c1coc(C(=O)Nc2cc(Br)c(F)cc2F)c1. The predicted octanol–water partition coefficient (Wildman–Crippen LogP) is 3.27. The number of hydrogen-bond donors (Lipinski definition) is 2. The van der Waals surface area contributed by atoms with Crippen molar-refractivity contribution in [2.24, 2.45) is 0 Å². The molecule has 0 aliphatic carbocycles. The number of aromatic carboxylic acids is 1. The van der Waals surface area contributed by atoms with Gasteiger partial charge in [-0.15, -0.1) is 0 Å². The molecule has 0 radical (unpaired) electrons. The molecule has 0 aliphatic heterocycles. The lowest BCUT2D eigenvalue weighted by atomic mass is 10.2. The maximum absolute atomic E-state index is 13.4. The van der Waals surface area contributed by atoms with Crippen LogP contribution in [-0.2, 0) is 0 Å². The van der Waals surface area contributed by atoms with Crippen LogP contribution in [0.25, 0.3) is 0 Å². The van der Waals surface area contributed by atoms with Crippen molar-refractivity contribution in [3.8, 4) is 0 Å². The Bertz CT molecular complexity index is 699. The summed E-state index contributed by atoms with van der Waals surface area (Å²) in [6.07, 6.45) is 0.883. The van der Waals surface area contributed by atoms with Gasteiger partial charge < -0.3 is 14.8 Å². The van der Waals surface area contributed by atoms with Crippen molar-refractivity contribution in [1.82, 2.24) is 0 Å². The molecule has 0 bridgehead atoms. The summed E-state index contributed by atoms with van der Waals surface area (Å²) in [4.78, 5) is 22.4. The van der Waals surface area contributed by atoms with E-state index in [9.17, 15) is 18.4 Å². The molecule has 20 heavy (non-hydrogen) atoms. The number of halogens is 3. The van der Waals surface area contributed by atoms with Gasteiger partial charge in [0.15, 0.2) is 5.76 Å². The molecule has 2 rings (SSSR count). The second-order valence-corrected chi connectivity index (χ2v) is 4.56. The third-order valence-corrected chi connectivity index (χ3v) is 2.94. The molecule has 2 aromatic rings. The van der Waals surface area contributed by atoms with Crippen LogP contribution >= 0.6 is 15.9 Å². The van der Waals surface area contributed by atoms with Gasteiger partial charge >= 0.3 is 5.97 Å². The van der Waals surface area contributed by atoms with Crippen LogP contribution in [0.2, 0.25) is 0 Å². The first-order valence-corrected chi connectivity index (χ1v) is 5.95. The molecule has 0 aliphatic rings. The molecule has 0 saturated carbocycles. The fourth-order valence-electron chi connectivity index (χ4n) is 1.37. The van der Waals surface area contributed by atoms with E-state index in [2.05, 4.69) is 21.2 Å². The van der Waals surface area contributed by atoms with Gasteiger partial charge in [-0.1, -0.05) is 0 Å². The number of benzene rings is 1. The largest absolute Gasteiger partial charge is 0.478 e. The standard InChI is InChI=1S/C12H6BrF2NO4/c13-6-2-9(8(15)3-7(6)14)16-11(17)10-1-5(4-20-10)12(18)19/h1-4H,(H,16,17)(H,18,19). The summed E-state index contributed by atoms with van der Waals surface area (Å²) in [7, 11) is 0. The van der Waals surface area contributed by atoms with E-state index in [0.717, 1.165) is 18.4 Å². The third-order valence-electron chi connectivity index (χ3n) is 2.33. The van der Waals surface area contributed by atoms with Crippen LogP contribution in [0.1, 0.15) is 20.9 Å². The van der Waals surface area contributed by atoms with E-state index in [4.69, 9.17) is 9.52 Å². The van der Waals surface area contributed by atoms with Crippen molar-refractivity contribution in [3.63, 3.8) is 0 Å². The highest BCUT2D eigenvalue weighted by Crippen LogP contribution is 2.24. The van der Waals surface area contributed by atoms with E-state index >= 15 is 0 Å². The molecule has 8 heteroatoms. The Morgan fingerprint density at radius 1 is 1.20 bits per heavy atom. The summed E-state index contributed by atoms with van der Waals surface area (Å²) in [5, 5.41) is 10.8. The van der Waals surface area contributed by atoms with Gasteiger partial charge in [-0.05, 0) is 22.0 Å². The molecule has 1 amide bonds. The van der Waals surface area contributed by atoms with E-state index in [1.165, 1.54) is 0 Å². The van der Waals surface area contributed by atoms with E-state index in [0.29, 0.717) is 6.07 Å². The molecule has 0 spiro atoms. The van der Waals surface area contributed by atoms with Gasteiger partial charge in [-0.25, -0.2) is 13.6 Å². The van der Waals surface area contributed by atoms with Gasteiger partial charge in [0, 0.05) is 12.1 Å².